The van der Waals surface area contributed by atoms with Gasteiger partial charge in [0, 0.05) is 0 Å². The minimum absolute atomic E-state index is 0.0168. The second-order valence-corrected chi connectivity index (χ2v) is 4.69. The molecule has 0 aliphatic carbocycles. The summed E-state index contributed by atoms with van der Waals surface area (Å²) in [6.07, 6.45) is -3.59. The molecule has 1 aromatic heterocycles. The van der Waals surface area contributed by atoms with Gasteiger partial charge in [0.1, 0.15) is 0 Å². The maximum absolute atomic E-state index is 12.9. The molecule has 0 spiro atoms. The van der Waals surface area contributed by atoms with Crippen LogP contribution in [0.1, 0.15) is 17.2 Å². The average Bonchev–Trinajstić information content (AvgIpc) is 2.91. The predicted octanol–water partition coefficient (Wildman–Crippen LogP) is 3.12. The van der Waals surface area contributed by atoms with Crippen LogP contribution < -0.4 is 15.2 Å². The molecular weight excluding hydrogens is 260 g/mol. The Morgan fingerprint density at radius 1 is 1.11 bits per heavy atom. The minimum Gasteiger partial charge on any atom is -0.395 e. The number of halogens is 2. The van der Waals surface area contributed by atoms with Gasteiger partial charge in [-0.15, -0.1) is 8.78 Å². The zero-order valence-electron chi connectivity index (χ0n) is 9.10. The van der Waals surface area contributed by atoms with Crippen LogP contribution in [0.5, 0.6) is 11.5 Å². The van der Waals surface area contributed by atoms with Crippen molar-refractivity contribution in [1.29, 1.82) is 0 Å². The lowest BCUT2D eigenvalue weighted by atomic mass is 10.0. The highest BCUT2D eigenvalue weighted by atomic mass is 32.1. The number of hydrogen-bond acceptors (Lipinski definition) is 4. The lowest BCUT2D eigenvalue weighted by Crippen LogP contribution is -2.25. The fourth-order valence-electron chi connectivity index (χ4n) is 1.80. The van der Waals surface area contributed by atoms with Gasteiger partial charge in [-0.2, -0.15) is 11.3 Å². The van der Waals surface area contributed by atoms with Crippen molar-refractivity contribution in [3.05, 3.63) is 46.2 Å². The maximum atomic E-state index is 12.9. The molecule has 0 fully saturated rings. The van der Waals surface area contributed by atoms with Gasteiger partial charge in [-0.25, -0.2) is 0 Å². The average molecular weight is 269 g/mol. The van der Waals surface area contributed by atoms with Gasteiger partial charge in [0.25, 0.3) is 0 Å². The molecule has 0 saturated carbocycles. The first kappa shape index (κ1) is 11.4. The molecule has 0 radical (unpaired) electrons. The van der Waals surface area contributed by atoms with Gasteiger partial charge in [0.15, 0.2) is 11.5 Å². The van der Waals surface area contributed by atoms with Crippen molar-refractivity contribution in [2.24, 2.45) is 5.73 Å². The van der Waals surface area contributed by atoms with E-state index in [1.807, 2.05) is 16.8 Å². The van der Waals surface area contributed by atoms with Crippen LogP contribution in [0.25, 0.3) is 0 Å². The number of fused-ring (bicyclic) bond motifs is 1. The molecule has 94 valence electrons. The standard InChI is InChI=1S/C12H9F2NO2S/c13-12(14)16-9-2-1-7(5-10(9)17-12)11(15)8-3-4-18-6-8/h1-6,11H,15H2/t11-/m1/s1. The first-order valence-electron chi connectivity index (χ1n) is 5.23. The van der Waals surface area contributed by atoms with Gasteiger partial charge in [-0.1, -0.05) is 6.07 Å². The summed E-state index contributed by atoms with van der Waals surface area (Å²) < 4.78 is 34.5. The molecule has 2 N–H and O–H groups in total. The van der Waals surface area contributed by atoms with Gasteiger partial charge in [-0.05, 0) is 40.1 Å². The molecule has 0 bridgehead atoms. The Labute approximate surface area is 106 Å². The number of nitrogens with two attached hydrogens (primary N) is 1. The summed E-state index contributed by atoms with van der Waals surface area (Å²) in [7, 11) is 0. The molecular formula is C12H9F2NO2S. The topological polar surface area (TPSA) is 44.5 Å². The molecule has 1 aliphatic heterocycles. The molecule has 2 heterocycles. The number of hydrogen-bond donors (Lipinski definition) is 1. The van der Waals surface area contributed by atoms with E-state index in [1.165, 1.54) is 23.5 Å². The van der Waals surface area contributed by atoms with Crippen molar-refractivity contribution in [3.8, 4) is 11.5 Å². The molecule has 18 heavy (non-hydrogen) atoms. The smallest absolute Gasteiger partial charge is 0.395 e. The highest BCUT2D eigenvalue weighted by Crippen LogP contribution is 2.42. The number of thiophene rings is 1. The molecule has 0 unspecified atom stereocenters. The van der Waals surface area contributed by atoms with Crippen molar-refractivity contribution in [2.45, 2.75) is 12.3 Å². The zero-order valence-corrected chi connectivity index (χ0v) is 9.92. The van der Waals surface area contributed by atoms with E-state index in [4.69, 9.17) is 5.73 Å². The van der Waals surface area contributed by atoms with E-state index >= 15 is 0 Å². The van der Waals surface area contributed by atoms with E-state index in [0.717, 1.165) is 5.56 Å². The Morgan fingerprint density at radius 3 is 2.61 bits per heavy atom. The third-order valence-corrected chi connectivity index (χ3v) is 3.39. The fraction of sp³-hybridized carbons (Fsp3) is 0.167. The summed E-state index contributed by atoms with van der Waals surface area (Å²) in [5, 5.41) is 3.83. The largest absolute Gasteiger partial charge is 0.586 e. The lowest BCUT2D eigenvalue weighted by Gasteiger charge is -2.10. The molecule has 1 atom stereocenters. The fourth-order valence-corrected chi connectivity index (χ4v) is 2.50. The third-order valence-electron chi connectivity index (χ3n) is 2.69. The van der Waals surface area contributed by atoms with Gasteiger partial charge in [-0.3, -0.25) is 0 Å². The Kier molecular flexibility index (Phi) is 2.49. The zero-order chi connectivity index (χ0) is 12.8. The van der Waals surface area contributed by atoms with Crippen LogP contribution in [0.15, 0.2) is 35.0 Å². The highest BCUT2D eigenvalue weighted by molar-refractivity contribution is 7.08. The Morgan fingerprint density at radius 2 is 1.89 bits per heavy atom. The Bertz CT molecular complexity index is 571. The van der Waals surface area contributed by atoms with Crippen LogP contribution in [0.3, 0.4) is 0 Å². The molecule has 1 aromatic carbocycles. The van der Waals surface area contributed by atoms with Crippen molar-refractivity contribution >= 4 is 11.3 Å². The normalized spacial score (nSPS) is 17.7. The molecule has 6 heteroatoms. The molecule has 1 aliphatic rings. The molecule has 2 aromatic rings. The quantitative estimate of drug-likeness (QED) is 0.911. The van der Waals surface area contributed by atoms with Crippen LogP contribution in [0, 0.1) is 0 Å². The summed E-state index contributed by atoms with van der Waals surface area (Å²) in [6.45, 7) is 0. The van der Waals surface area contributed by atoms with Crippen molar-refractivity contribution in [2.75, 3.05) is 0 Å². The van der Waals surface area contributed by atoms with E-state index in [0.29, 0.717) is 5.56 Å². The van der Waals surface area contributed by atoms with Crippen LogP contribution in [0.2, 0.25) is 0 Å². The van der Waals surface area contributed by atoms with Crippen LogP contribution in [-0.4, -0.2) is 6.29 Å². The van der Waals surface area contributed by atoms with Crippen LogP contribution in [-0.2, 0) is 0 Å². The summed E-state index contributed by atoms with van der Waals surface area (Å²) in [5.74, 6) is 0.0458. The summed E-state index contributed by atoms with van der Waals surface area (Å²) in [5.41, 5.74) is 7.68. The highest BCUT2D eigenvalue weighted by Gasteiger charge is 2.43. The van der Waals surface area contributed by atoms with E-state index in [-0.39, 0.29) is 17.5 Å². The minimum atomic E-state index is -3.59. The molecule has 0 amide bonds. The summed E-state index contributed by atoms with van der Waals surface area (Å²) >= 11 is 1.53. The van der Waals surface area contributed by atoms with E-state index < -0.39 is 6.29 Å². The second-order valence-electron chi connectivity index (χ2n) is 3.91. The van der Waals surface area contributed by atoms with Gasteiger partial charge < -0.3 is 15.2 Å². The first-order chi connectivity index (χ1) is 8.55. The van der Waals surface area contributed by atoms with E-state index in [1.54, 1.807) is 6.07 Å². The first-order valence-corrected chi connectivity index (χ1v) is 6.17. The second kappa shape index (κ2) is 3.93. The van der Waals surface area contributed by atoms with E-state index in [9.17, 15) is 8.78 Å². The molecule has 0 saturated heterocycles. The van der Waals surface area contributed by atoms with Gasteiger partial charge in [0.05, 0.1) is 6.04 Å². The molecule has 3 rings (SSSR count). The van der Waals surface area contributed by atoms with Crippen LogP contribution in [0.4, 0.5) is 8.78 Å². The summed E-state index contributed by atoms with van der Waals surface area (Å²) in [6, 6.07) is 6.12. The summed E-state index contributed by atoms with van der Waals surface area (Å²) in [4.78, 5) is 0. The number of alkyl halides is 2. The van der Waals surface area contributed by atoms with Gasteiger partial charge >= 0.3 is 6.29 Å². The van der Waals surface area contributed by atoms with E-state index in [2.05, 4.69) is 9.47 Å². The van der Waals surface area contributed by atoms with Crippen molar-refractivity contribution in [1.82, 2.24) is 0 Å². The predicted molar refractivity (Wildman–Crippen MR) is 63.0 cm³/mol. The van der Waals surface area contributed by atoms with Crippen molar-refractivity contribution in [3.63, 3.8) is 0 Å². The monoisotopic (exact) mass is 269 g/mol. The molecule has 3 nitrogen and oxygen atoms in total. The maximum Gasteiger partial charge on any atom is 0.586 e. The van der Waals surface area contributed by atoms with Crippen LogP contribution >= 0.6 is 11.3 Å². The SMILES string of the molecule is N[C@@H](c1ccsc1)c1ccc2c(c1)OC(F)(F)O2. The lowest BCUT2D eigenvalue weighted by molar-refractivity contribution is -0.286. The number of ether oxygens (including phenoxy) is 2. The Balaban J connectivity index is 1.93. The Hall–Kier alpha value is -1.66. The number of benzene rings is 1. The third kappa shape index (κ3) is 1.93. The van der Waals surface area contributed by atoms with Crippen molar-refractivity contribution < 1.29 is 18.3 Å². The van der Waals surface area contributed by atoms with Gasteiger partial charge in [0.2, 0.25) is 0 Å². The number of rotatable bonds is 2.